The normalized spacial score (nSPS) is 18.4. The molecule has 1 aromatic heterocycles. The van der Waals surface area contributed by atoms with Crippen molar-refractivity contribution in [2.75, 3.05) is 13.1 Å². The number of nitrogens with zero attached hydrogens (tertiary/aromatic N) is 3. The van der Waals surface area contributed by atoms with Gasteiger partial charge < -0.3 is 4.57 Å². The third kappa shape index (κ3) is 3.86. The molecule has 0 saturated carbocycles. The fraction of sp³-hybridized carbons (Fsp3) is 0.407. The Hall–Kier alpha value is -2.92. The van der Waals surface area contributed by atoms with Crippen LogP contribution in [0.15, 0.2) is 47.6 Å². The molecule has 0 fully saturated rings. The van der Waals surface area contributed by atoms with Crippen LogP contribution in [0.2, 0.25) is 0 Å². The van der Waals surface area contributed by atoms with Crippen LogP contribution >= 0.6 is 0 Å². The Morgan fingerprint density at radius 2 is 2.00 bits per heavy atom. The van der Waals surface area contributed by atoms with Crippen molar-refractivity contribution in [3.05, 3.63) is 70.4 Å². The number of nitrogens with one attached hydrogen (secondary N) is 1. The highest BCUT2D eigenvalue weighted by atomic mass is 16.2. The van der Waals surface area contributed by atoms with E-state index in [-0.39, 0.29) is 5.91 Å². The number of fused-ring (bicyclic) bond motifs is 3. The van der Waals surface area contributed by atoms with Gasteiger partial charge in [0, 0.05) is 29.7 Å². The highest BCUT2D eigenvalue weighted by Gasteiger charge is 2.35. The predicted molar refractivity (Wildman–Crippen MR) is 130 cm³/mol. The minimum atomic E-state index is -0.0485. The zero-order chi connectivity index (χ0) is 22.2. The van der Waals surface area contributed by atoms with Crippen molar-refractivity contribution in [3.63, 3.8) is 0 Å². The molecule has 1 N–H and O–H groups in total. The average molecular weight is 429 g/mol. The van der Waals surface area contributed by atoms with E-state index in [4.69, 9.17) is 0 Å². The van der Waals surface area contributed by atoms with E-state index in [0.29, 0.717) is 18.5 Å². The first-order valence-electron chi connectivity index (χ1n) is 11.8. The number of carbonyl (C=O) groups excluding carboxylic acids is 1. The van der Waals surface area contributed by atoms with E-state index >= 15 is 0 Å². The second-order valence-corrected chi connectivity index (χ2v) is 9.53. The van der Waals surface area contributed by atoms with Crippen molar-refractivity contribution in [2.45, 2.75) is 58.5 Å². The van der Waals surface area contributed by atoms with Gasteiger partial charge in [-0.05, 0) is 60.9 Å². The predicted octanol–water partition coefficient (Wildman–Crippen LogP) is 4.92. The van der Waals surface area contributed by atoms with E-state index in [9.17, 15) is 4.79 Å². The van der Waals surface area contributed by atoms with Gasteiger partial charge >= 0.3 is 0 Å². The molecule has 1 aliphatic carbocycles. The molecule has 2 aromatic carbocycles. The molecule has 2 heterocycles. The number of hydrazone groups is 1. The van der Waals surface area contributed by atoms with Crippen molar-refractivity contribution in [3.8, 4) is 0 Å². The number of carbonyl (C=O) groups is 1. The van der Waals surface area contributed by atoms with Crippen LogP contribution in [0, 0.1) is 6.92 Å². The van der Waals surface area contributed by atoms with Crippen molar-refractivity contribution in [1.29, 1.82) is 0 Å². The number of aryl methyl sites for hydroxylation is 2. The maximum absolute atomic E-state index is 12.7. The molecule has 166 valence electrons. The average Bonchev–Trinajstić information content (AvgIpc) is 3.10. The van der Waals surface area contributed by atoms with Gasteiger partial charge in [-0.25, -0.2) is 5.43 Å². The summed E-state index contributed by atoms with van der Waals surface area (Å²) in [6, 6.07) is 15.4. The molecule has 1 unspecified atom stereocenters. The summed E-state index contributed by atoms with van der Waals surface area (Å²) in [6.07, 6.45) is 5.14. The van der Waals surface area contributed by atoms with E-state index in [1.807, 2.05) is 12.1 Å². The fourth-order valence-electron chi connectivity index (χ4n) is 5.35. The molecule has 1 amide bonds. The number of amides is 1. The maximum atomic E-state index is 12.7. The summed E-state index contributed by atoms with van der Waals surface area (Å²) in [5.41, 5.74) is 10.6. The van der Waals surface area contributed by atoms with E-state index in [2.05, 4.69) is 71.1 Å². The molecule has 0 radical (unpaired) electrons. The van der Waals surface area contributed by atoms with Gasteiger partial charge in [0.1, 0.15) is 0 Å². The molecule has 5 heteroatoms. The van der Waals surface area contributed by atoms with Gasteiger partial charge in [-0.1, -0.05) is 49.7 Å². The first-order chi connectivity index (χ1) is 15.5. The second-order valence-electron chi connectivity index (χ2n) is 9.53. The van der Waals surface area contributed by atoms with Crippen LogP contribution in [0.25, 0.3) is 10.9 Å². The lowest BCUT2D eigenvalue weighted by Crippen LogP contribution is -2.44. The summed E-state index contributed by atoms with van der Waals surface area (Å²) >= 11 is 0. The van der Waals surface area contributed by atoms with Crippen molar-refractivity contribution in [1.82, 2.24) is 14.9 Å². The Morgan fingerprint density at radius 3 is 2.78 bits per heavy atom. The van der Waals surface area contributed by atoms with Gasteiger partial charge in [-0.2, -0.15) is 5.10 Å². The topological polar surface area (TPSA) is 49.6 Å². The fourth-order valence-corrected chi connectivity index (χ4v) is 5.35. The van der Waals surface area contributed by atoms with Crippen LogP contribution in [0.5, 0.6) is 0 Å². The molecule has 32 heavy (non-hydrogen) atoms. The molecule has 0 spiro atoms. The number of rotatable bonds is 5. The second kappa shape index (κ2) is 8.55. The summed E-state index contributed by atoms with van der Waals surface area (Å²) in [5.74, 6) is 0.459. The van der Waals surface area contributed by atoms with E-state index in [0.717, 1.165) is 31.5 Å². The molecule has 1 aliphatic heterocycles. The lowest BCUT2D eigenvalue weighted by Gasteiger charge is -2.39. The molecule has 0 saturated heterocycles. The molecule has 0 bridgehead atoms. The zero-order valence-corrected chi connectivity index (χ0v) is 19.3. The van der Waals surface area contributed by atoms with Gasteiger partial charge in [0.15, 0.2) is 0 Å². The zero-order valence-electron chi connectivity index (χ0n) is 19.3. The van der Waals surface area contributed by atoms with Gasteiger partial charge in [0.25, 0.3) is 5.91 Å². The molecule has 1 atom stereocenters. The van der Waals surface area contributed by atoms with E-state index in [1.165, 1.54) is 39.7 Å². The molecular weight excluding hydrogens is 396 g/mol. The Morgan fingerprint density at radius 1 is 1.19 bits per heavy atom. The van der Waals surface area contributed by atoms with Gasteiger partial charge in [0.2, 0.25) is 0 Å². The van der Waals surface area contributed by atoms with Gasteiger partial charge in [0.05, 0.1) is 18.8 Å². The van der Waals surface area contributed by atoms with E-state index in [1.54, 1.807) is 6.21 Å². The summed E-state index contributed by atoms with van der Waals surface area (Å²) in [5, 5.41) is 5.60. The molecular formula is C27H32N4O. The Kier molecular flexibility index (Phi) is 5.60. The van der Waals surface area contributed by atoms with Crippen LogP contribution in [0.4, 0.5) is 0 Å². The van der Waals surface area contributed by atoms with Crippen LogP contribution in [0.1, 0.15) is 66.6 Å². The largest absolute Gasteiger partial charge is 0.342 e. The van der Waals surface area contributed by atoms with Gasteiger partial charge in [-0.15, -0.1) is 0 Å². The molecule has 5 nitrogen and oxygen atoms in total. The first kappa shape index (κ1) is 21.0. The van der Waals surface area contributed by atoms with Crippen LogP contribution in [-0.2, 0) is 17.8 Å². The minimum absolute atomic E-state index is 0.0485. The summed E-state index contributed by atoms with van der Waals surface area (Å²) < 4.78 is 2.50. The lowest BCUT2D eigenvalue weighted by atomic mass is 9.89. The number of hydrogen-bond donors (Lipinski definition) is 1. The third-order valence-electron chi connectivity index (χ3n) is 6.99. The highest BCUT2D eigenvalue weighted by Crippen LogP contribution is 2.42. The van der Waals surface area contributed by atoms with Crippen molar-refractivity contribution >= 4 is 23.0 Å². The number of benzene rings is 2. The number of aromatic nitrogens is 1. The third-order valence-corrected chi connectivity index (χ3v) is 6.99. The summed E-state index contributed by atoms with van der Waals surface area (Å²) in [4.78, 5) is 15.0. The Labute approximate surface area is 190 Å². The number of hydrogen-bond acceptors (Lipinski definition) is 3. The smallest absolute Gasteiger partial charge is 0.254 e. The lowest BCUT2D eigenvalue weighted by molar-refractivity contribution is -0.123. The summed E-state index contributed by atoms with van der Waals surface area (Å²) in [7, 11) is 0. The summed E-state index contributed by atoms with van der Waals surface area (Å²) in [6.45, 7) is 8.74. The Balaban J connectivity index is 1.28. The van der Waals surface area contributed by atoms with Crippen LogP contribution in [-0.4, -0.2) is 34.7 Å². The highest BCUT2D eigenvalue weighted by molar-refractivity contribution is 5.87. The molecule has 2 aliphatic rings. The monoisotopic (exact) mass is 428 g/mol. The SMILES string of the molecule is Cc1ccc2c(c1)c1c3n2CCN(CC(=O)N/N=C/c2ccc(C(C)C)cc2)C3CCC1. The van der Waals surface area contributed by atoms with Crippen molar-refractivity contribution < 1.29 is 4.79 Å². The van der Waals surface area contributed by atoms with Crippen LogP contribution < -0.4 is 5.43 Å². The van der Waals surface area contributed by atoms with E-state index < -0.39 is 0 Å². The maximum Gasteiger partial charge on any atom is 0.254 e. The molecule has 5 rings (SSSR count). The first-order valence-corrected chi connectivity index (χ1v) is 11.8. The minimum Gasteiger partial charge on any atom is -0.342 e. The standard InChI is InChI=1S/C27H32N4O/c1-18(2)21-10-8-20(9-11-21)16-28-29-26(32)17-30-13-14-31-24-12-7-19(3)15-23(24)22-5-4-6-25(30)27(22)31/h7-12,15-16,18,25H,4-6,13-14,17H2,1-3H3,(H,29,32)/b28-16+. The van der Waals surface area contributed by atoms with Gasteiger partial charge in [-0.3, -0.25) is 9.69 Å². The van der Waals surface area contributed by atoms with Crippen LogP contribution in [0.3, 0.4) is 0 Å². The molecule has 3 aromatic rings. The van der Waals surface area contributed by atoms with Crippen molar-refractivity contribution in [2.24, 2.45) is 5.10 Å². The quantitative estimate of drug-likeness (QED) is 0.463. The Bertz CT molecular complexity index is 1170.